The molecule has 2 N–H and O–H groups in total. The van der Waals surface area contributed by atoms with Crippen LogP contribution < -0.4 is 0 Å². The summed E-state index contributed by atoms with van der Waals surface area (Å²) in [7, 11) is 0. The number of fused-ring (bicyclic) bond motifs is 2. The minimum atomic E-state index is 0.115. The fourth-order valence-corrected chi connectivity index (χ4v) is 4.64. The lowest BCUT2D eigenvalue weighted by molar-refractivity contribution is 0.181. The van der Waals surface area contributed by atoms with Gasteiger partial charge in [-0.2, -0.15) is 0 Å². The van der Waals surface area contributed by atoms with Gasteiger partial charge in [0.2, 0.25) is 0 Å². The van der Waals surface area contributed by atoms with Crippen molar-refractivity contribution in [1.29, 1.82) is 0 Å². The second-order valence-corrected chi connectivity index (χ2v) is 7.94. The highest BCUT2D eigenvalue weighted by Gasteiger charge is 2.30. The molecule has 1 aliphatic heterocycles. The quantitative estimate of drug-likeness (QED) is 0.728. The van der Waals surface area contributed by atoms with Crippen LogP contribution in [0.4, 0.5) is 0 Å². The molecule has 1 atom stereocenters. The van der Waals surface area contributed by atoms with Crippen molar-refractivity contribution in [2.24, 2.45) is 0 Å². The van der Waals surface area contributed by atoms with E-state index in [2.05, 4.69) is 22.0 Å². The van der Waals surface area contributed by atoms with Gasteiger partial charge in [-0.3, -0.25) is 4.90 Å². The van der Waals surface area contributed by atoms with E-state index >= 15 is 0 Å². The number of H-pyrrole nitrogens is 1. The highest BCUT2D eigenvalue weighted by atomic mass is 35.5. The van der Waals surface area contributed by atoms with Crippen LogP contribution in [0.5, 0.6) is 0 Å². The smallest absolute Gasteiger partial charge is 0.139 e. The maximum Gasteiger partial charge on any atom is 0.139 e. The average Bonchev–Trinajstić information content (AvgIpc) is 3.30. The van der Waals surface area contributed by atoms with Gasteiger partial charge in [0.25, 0.3) is 0 Å². The van der Waals surface area contributed by atoms with Gasteiger partial charge in [-0.15, -0.1) is 0 Å². The predicted molar refractivity (Wildman–Crippen MR) is 107 cm³/mol. The SMILES string of the molecule is OCc1ccc2c(c1)CC(N1CCc3nc(-c4ccccc4Cl)[nH]c3C1)C2. The molecule has 0 saturated carbocycles. The van der Waals surface area contributed by atoms with E-state index < -0.39 is 0 Å². The molecular weight excluding hydrogens is 358 g/mol. The molecule has 2 aliphatic rings. The Labute approximate surface area is 163 Å². The largest absolute Gasteiger partial charge is 0.392 e. The van der Waals surface area contributed by atoms with E-state index in [1.807, 2.05) is 30.3 Å². The first kappa shape index (κ1) is 17.0. The molecule has 2 heterocycles. The molecule has 27 heavy (non-hydrogen) atoms. The van der Waals surface area contributed by atoms with Gasteiger partial charge in [-0.1, -0.05) is 41.9 Å². The highest BCUT2D eigenvalue weighted by Crippen LogP contribution is 2.32. The molecule has 5 rings (SSSR count). The number of nitrogens with zero attached hydrogens (tertiary/aromatic N) is 2. The predicted octanol–water partition coefficient (Wildman–Crippen LogP) is 3.75. The molecule has 0 amide bonds. The summed E-state index contributed by atoms with van der Waals surface area (Å²) in [6.45, 7) is 2.05. The Morgan fingerprint density at radius 2 is 2.00 bits per heavy atom. The monoisotopic (exact) mass is 379 g/mol. The van der Waals surface area contributed by atoms with Gasteiger partial charge in [0.05, 0.1) is 23.0 Å². The maximum atomic E-state index is 9.38. The van der Waals surface area contributed by atoms with Gasteiger partial charge in [-0.05, 0) is 41.7 Å². The molecule has 1 aromatic heterocycles. The number of benzene rings is 2. The Morgan fingerprint density at radius 1 is 1.15 bits per heavy atom. The van der Waals surface area contributed by atoms with Crippen LogP contribution in [0.1, 0.15) is 28.1 Å². The van der Waals surface area contributed by atoms with Crippen LogP contribution in [0.15, 0.2) is 42.5 Å². The van der Waals surface area contributed by atoms with Crippen molar-refractivity contribution in [3.05, 3.63) is 75.6 Å². The van der Waals surface area contributed by atoms with E-state index in [9.17, 15) is 5.11 Å². The molecule has 0 radical (unpaired) electrons. The van der Waals surface area contributed by atoms with E-state index in [4.69, 9.17) is 16.6 Å². The summed E-state index contributed by atoms with van der Waals surface area (Å²) in [4.78, 5) is 10.9. The summed E-state index contributed by atoms with van der Waals surface area (Å²) in [5.41, 5.74) is 7.16. The number of hydrogen-bond donors (Lipinski definition) is 2. The summed E-state index contributed by atoms with van der Waals surface area (Å²) in [6, 6.07) is 14.8. The van der Waals surface area contributed by atoms with Crippen LogP contribution in [-0.4, -0.2) is 32.6 Å². The number of aromatic amines is 1. The standard InChI is InChI=1S/C22H22ClN3O/c23-19-4-2-1-3-18(19)22-24-20-7-8-26(12-21(20)25-22)17-10-15-6-5-14(13-27)9-16(15)11-17/h1-6,9,17,27H,7-8,10-13H2,(H,24,25). The normalized spacial score (nSPS) is 19.1. The van der Waals surface area contributed by atoms with Crippen LogP contribution in [0.2, 0.25) is 5.02 Å². The van der Waals surface area contributed by atoms with E-state index in [1.165, 1.54) is 22.5 Å². The Hall–Kier alpha value is -2.14. The van der Waals surface area contributed by atoms with Crippen LogP contribution in [-0.2, 0) is 32.4 Å². The molecule has 1 aliphatic carbocycles. The third-order valence-corrected chi connectivity index (χ3v) is 6.20. The summed E-state index contributed by atoms with van der Waals surface area (Å²) in [5.74, 6) is 0.870. The minimum absolute atomic E-state index is 0.115. The van der Waals surface area contributed by atoms with Crippen LogP contribution in [0.3, 0.4) is 0 Å². The topological polar surface area (TPSA) is 52.1 Å². The lowest BCUT2D eigenvalue weighted by atomic mass is 10.1. The van der Waals surface area contributed by atoms with Gasteiger partial charge < -0.3 is 10.1 Å². The number of imidazole rings is 1. The van der Waals surface area contributed by atoms with Crippen molar-refractivity contribution in [1.82, 2.24) is 14.9 Å². The zero-order valence-corrected chi connectivity index (χ0v) is 15.8. The minimum Gasteiger partial charge on any atom is -0.392 e. The Kier molecular flexibility index (Phi) is 4.27. The second-order valence-electron chi connectivity index (χ2n) is 7.53. The first-order valence-corrected chi connectivity index (χ1v) is 9.87. The number of hydrogen-bond acceptors (Lipinski definition) is 3. The Morgan fingerprint density at radius 3 is 2.85 bits per heavy atom. The van der Waals surface area contributed by atoms with Crippen molar-refractivity contribution in [2.75, 3.05) is 6.54 Å². The maximum absolute atomic E-state index is 9.38. The fourth-order valence-electron chi connectivity index (χ4n) is 4.41. The summed E-state index contributed by atoms with van der Waals surface area (Å²) < 4.78 is 0. The summed E-state index contributed by atoms with van der Waals surface area (Å²) >= 11 is 6.34. The number of aromatic nitrogens is 2. The van der Waals surface area contributed by atoms with E-state index in [1.54, 1.807) is 0 Å². The van der Waals surface area contributed by atoms with Gasteiger partial charge >= 0.3 is 0 Å². The number of nitrogens with one attached hydrogen (secondary N) is 1. The molecule has 0 saturated heterocycles. The molecule has 0 spiro atoms. The number of aliphatic hydroxyl groups is 1. The number of rotatable bonds is 3. The molecule has 3 aromatic rings. The van der Waals surface area contributed by atoms with Crippen molar-refractivity contribution < 1.29 is 5.11 Å². The molecule has 138 valence electrons. The first-order chi connectivity index (χ1) is 13.2. The van der Waals surface area contributed by atoms with Crippen LogP contribution >= 0.6 is 11.6 Å². The van der Waals surface area contributed by atoms with E-state index in [0.29, 0.717) is 6.04 Å². The van der Waals surface area contributed by atoms with Crippen molar-refractivity contribution in [3.63, 3.8) is 0 Å². The molecular formula is C22H22ClN3O. The first-order valence-electron chi connectivity index (χ1n) is 9.49. The van der Waals surface area contributed by atoms with Gasteiger partial charge in [0.15, 0.2) is 0 Å². The molecule has 1 unspecified atom stereocenters. The average molecular weight is 380 g/mol. The summed E-state index contributed by atoms with van der Waals surface area (Å²) in [6.07, 6.45) is 3.11. The highest BCUT2D eigenvalue weighted by molar-refractivity contribution is 6.33. The van der Waals surface area contributed by atoms with Gasteiger partial charge in [0.1, 0.15) is 5.82 Å². The van der Waals surface area contributed by atoms with Gasteiger partial charge in [0, 0.05) is 31.1 Å². The van der Waals surface area contributed by atoms with Crippen LogP contribution in [0, 0.1) is 0 Å². The number of aliphatic hydroxyl groups excluding tert-OH is 1. The lowest BCUT2D eigenvalue weighted by Crippen LogP contribution is -2.39. The second kappa shape index (κ2) is 6.79. The Bertz CT molecular complexity index is 997. The number of halogens is 1. The Balaban J connectivity index is 1.36. The van der Waals surface area contributed by atoms with E-state index in [-0.39, 0.29) is 6.61 Å². The molecule has 0 fully saturated rings. The van der Waals surface area contributed by atoms with Crippen LogP contribution in [0.25, 0.3) is 11.4 Å². The zero-order valence-electron chi connectivity index (χ0n) is 15.1. The lowest BCUT2D eigenvalue weighted by Gasteiger charge is -2.31. The third-order valence-electron chi connectivity index (χ3n) is 5.87. The van der Waals surface area contributed by atoms with Crippen molar-refractivity contribution in [2.45, 2.75) is 38.5 Å². The van der Waals surface area contributed by atoms with Gasteiger partial charge in [-0.25, -0.2) is 4.98 Å². The summed E-state index contributed by atoms with van der Waals surface area (Å²) in [5, 5.41) is 10.1. The van der Waals surface area contributed by atoms with Crippen molar-refractivity contribution in [3.8, 4) is 11.4 Å². The van der Waals surface area contributed by atoms with Crippen molar-refractivity contribution >= 4 is 11.6 Å². The molecule has 0 bridgehead atoms. The fraction of sp³-hybridized carbons (Fsp3) is 0.318. The molecule has 4 nitrogen and oxygen atoms in total. The van der Waals surface area contributed by atoms with E-state index in [0.717, 1.165) is 54.3 Å². The third kappa shape index (κ3) is 3.08. The molecule has 5 heteroatoms. The zero-order chi connectivity index (χ0) is 18.4. The molecule has 2 aromatic carbocycles.